The van der Waals surface area contributed by atoms with Crippen molar-refractivity contribution in [3.63, 3.8) is 0 Å². The van der Waals surface area contributed by atoms with Crippen LogP contribution in [0.4, 0.5) is 0 Å². The van der Waals surface area contributed by atoms with Crippen molar-refractivity contribution in [2.24, 2.45) is 11.7 Å². The standard InChI is InChI=1S/C23H41N3O3S2/c1-4-17(2)21(25-13-19(24)16-30)15-29-22(12-18-8-6-5-7-9-18)23(28)26-20(14-27)10-11-31-3/h5-9,17,19-22,25,27,30H,4,10-16,24H2,1-3H3,(H,26,28)/t17-,19?,20?,21+,22?/m0/s1. The number of nitrogens with two attached hydrogens (primary N) is 1. The Morgan fingerprint density at radius 2 is 2.03 bits per heavy atom. The Bertz CT molecular complexity index is 595. The Hall–Kier alpha value is -0.770. The van der Waals surface area contributed by atoms with Gasteiger partial charge in [0, 0.05) is 30.8 Å². The van der Waals surface area contributed by atoms with Gasteiger partial charge in [-0.2, -0.15) is 24.4 Å². The van der Waals surface area contributed by atoms with Crippen molar-refractivity contribution >= 4 is 30.3 Å². The van der Waals surface area contributed by atoms with Crippen LogP contribution in [0.25, 0.3) is 0 Å². The fourth-order valence-electron chi connectivity index (χ4n) is 3.11. The van der Waals surface area contributed by atoms with Crippen LogP contribution in [0.1, 0.15) is 32.3 Å². The first-order valence-corrected chi connectivity index (χ1v) is 13.1. The highest BCUT2D eigenvalue weighted by Crippen LogP contribution is 2.13. The summed E-state index contributed by atoms with van der Waals surface area (Å²) in [6, 6.07) is 9.67. The third-order valence-corrected chi connectivity index (χ3v) is 6.59. The van der Waals surface area contributed by atoms with Crippen LogP contribution in [0.15, 0.2) is 30.3 Å². The number of benzene rings is 1. The van der Waals surface area contributed by atoms with Crippen LogP contribution in [0.3, 0.4) is 0 Å². The molecule has 0 bridgehead atoms. The zero-order valence-corrected chi connectivity index (χ0v) is 20.8. The molecule has 0 heterocycles. The third kappa shape index (κ3) is 11.6. The normalized spacial score (nSPS) is 16.3. The van der Waals surface area contributed by atoms with Crippen LogP contribution in [0.2, 0.25) is 0 Å². The lowest BCUT2D eigenvalue weighted by Crippen LogP contribution is -2.49. The molecule has 0 aliphatic heterocycles. The van der Waals surface area contributed by atoms with E-state index in [1.165, 1.54) is 0 Å². The van der Waals surface area contributed by atoms with E-state index in [1.54, 1.807) is 11.8 Å². The number of ether oxygens (including phenoxy) is 1. The van der Waals surface area contributed by atoms with Gasteiger partial charge in [0.25, 0.3) is 0 Å². The summed E-state index contributed by atoms with van der Waals surface area (Å²) in [5, 5.41) is 16.1. The van der Waals surface area contributed by atoms with E-state index in [9.17, 15) is 9.90 Å². The summed E-state index contributed by atoms with van der Waals surface area (Å²) in [5.41, 5.74) is 7.05. The Morgan fingerprint density at radius 1 is 1.32 bits per heavy atom. The molecule has 1 aromatic rings. The van der Waals surface area contributed by atoms with Gasteiger partial charge in [0.05, 0.1) is 19.3 Å². The third-order valence-electron chi connectivity index (χ3n) is 5.48. The lowest BCUT2D eigenvalue weighted by Gasteiger charge is -2.28. The van der Waals surface area contributed by atoms with Crippen LogP contribution in [0.5, 0.6) is 0 Å². The first kappa shape index (κ1) is 28.3. The highest BCUT2D eigenvalue weighted by atomic mass is 32.2. The van der Waals surface area contributed by atoms with E-state index < -0.39 is 6.10 Å². The predicted octanol–water partition coefficient (Wildman–Crippen LogP) is 2.11. The summed E-state index contributed by atoms with van der Waals surface area (Å²) >= 11 is 5.95. The smallest absolute Gasteiger partial charge is 0.249 e. The summed E-state index contributed by atoms with van der Waals surface area (Å²) in [7, 11) is 0. The number of nitrogens with one attached hydrogen (secondary N) is 2. The number of carbonyl (C=O) groups is 1. The minimum atomic E-state index is -0.627. The van der Waals surface area contributed by atoms with Gasteiger partial charge in [-0.25, -0.2) is 0 Å². The Kier molecular flexibility index (Phi) is 15.3. The molecular formula is C23H41N3O3S2. The minimum Gasteiger partial charge on any atom is -0.394 e. The molecule has 0 radical (unpaired) electrons. The van der Waals surface area contributed by atoms with Crippen molar-refractivity contribution in [2.75, 3.05) is 37.5 Å². The van der Waals surface area contributed by atoms with E-state index in [1.807, 2.05) is 36.6 Å². The first-order valence-electron chi connectivity index (χ1n) is 11.1. The van der Waals surface area contributed by atoms with Crippen LogP contribution in [0, 0.1) is 5.92 Å². The van der Waals surface area contributed by atoms with Gasteiger partial charge in [0.15, 0.2) is 0 Å². The summed E-state index contributed by atoms with van der Waals surface area (Å²) in [6.07, 6.45) is 3.59. The maximum Gasteiger partial charge on any atom is 0.249 e. The molecule has 178 valence electrons. The molecule has 8 heteroatoms. The van der Waals surface area contributed by atoms with Gasteiger partial charge in [-0.15, -0.1) is 0 Å². The van der Waals surface area contributed by atoms with Gasteiger partial charge < -0.3 is 26.2 Å². The number of thiol groups is 1. The van der Waals surface area contributed by atoms with E-state index in [0.29, 0.717) is 31.2 Å². The number of hydrogen-bond donors (Lipinski definition) is 5. The average molecular weight is 472 g/mol. The number of rotatable bonds is 17. The summed E-state index contributed by atoms with van der Waals surface area (Å²) in [4.78, 5) is 13.0. The highest BCUT2D eigenvalue weighted by Gasteiger charge is 2.25. The van der Waals surface area contributed by atoms with Gasteiger partial charge >= 0.3 is 0 Å². The van der Waals surface area contributed by atoms with E-state index in [4.69, 9.17) is 10.5 Å². The average Bonchev–Trinajstić information content (AvgIpc) is 2.80. The number of aliphatic hydroxyl groups is 1. The summed E-state index contributed by atoms with van der Waals surface area (Å²) in [6.45, 7) is 5.29. The number of thioether (sulfide) groups is 1. The molecule has 5 atom stereocenters. The highest BCUT2D eigenvalue weighted by molar-refractivity contribution is 7.98. The number of aliphatic hydroxyl groups excluding tert-OH is 1. The molecule has 0 fully saturated rings. The molecule has 6 nitrogen and oxygen atoms in total. The molecule has 31 heavy (non-hydrogen) atoms. The molecule has 1 aromatic carbocycles. The quantitative estimate of drug-likeness (QED) is 0.223. The molecule has 0 saturated carbocycles. The zero-order chi connectivity index (χ0) is 23.1. The second kappa shape index (κ2) is 16.8. The van der Waals surface area contributed by atoms with Crippen LogP contribution >= 0.6 is 24.4 Å². The molecule has 5 N–H and O–H groups in total. The van der Waals surface area contributed by atoms with E-state index >= 15 is 0 Å². The predicted molar refractivity (Wildman–Crippen MR) is 135 cm³/mol. The Morgan fingerprint density at radius 3 is 2.61 bits per heavy atom. The molecule has 0 aliphatic rings. The Balaban J connectivity index is 2.84. The van der Waals surface area contributed by atoms with E-state index in [2.05, 4.69) is 37.1 Å². The summed E-state index contributed by atoms with van der Waals surface area (Å²) in [5.74, 6) is 1.68. The maximum absolute atomic E-state index is 13.0. The molecule has 0 spiro atoms. The minimum absolute atomic E-state index is 0.0277. The van der Waals surface area contributed by atoms with Crippen molar-refractivity contribution in [1.29, 1.82) is 0 Å². The molecular weight excluding hydrogens is 430 g/mol. The first-order chi connectivity index (χ1) is 14.9. The van der Waals surface area contributed by atoms with Gasteiger partial charge in [0.1, 0.15) is 6.10 Å². The van der Waals surface area contributed by atoms with Crippen LogP contribution in [-0.4, -0.2) is 72.8 Å². The molecule has 1 amide bonds. The SMILES string of the molecule is CC[C@H](C)[C@@H](COC(Cc1ccccc1)C(=O)NC(CO)CCSC)NCC(N)CS. The number of carbonyl (C=O) groups excluding carboxylic acids is 1. The van der Waals surface area contributed by atoms with Crippen LogP contribution in [-0.2, 0) is 16.0 Å². The molecule has 0 aromatic heterocycles. The van der Waals surface area contributed by atoms with Crippen molar-refractivity contribution in [3.05, 3.63) is 35.9 Å². The van der Waals surface area contributed by atoms with E-state index in [-0.39, 0.29) is 30.6 Å². The second-order valence-electron chi connectivity index (χ2n) is 8.02. The maximum atomic E-state index is 13.0. The van der Waals surface area contributed by atoms with Gasteiger partial charge in [-0.3, -0.25) is 4.79 Å². The van der Waals surface area contributed by atoms with Crippen molar-refractivity contribution in [2.45, 2.75) is 57.3 Å². The molecule has 1 rings (SSSR count). The second-order valence-corrected chi connectivity index (χ2v) is 9.37. The largest absolute Gasteiger partial charge is 0.394 e. The van der Waals surface area contributed by atoms with Crippen molar-refractivity contribution in [1.82, 2.24) is 10.6 Å². The van der Waals surface area contributed by atoms with Gasteiger partial charge in [-0.05, 0) is 29.9 Å². The number of amides is 1. The molecule has 0 aliphatic carbocycles. The zero-order valence-electron chi connectivity index (χ0n) is 19.1. The lowest BCUT2D eigenvalue weighted by molar-refractivity contribution is -0.134. The van der Waals surface area contributed by atoms with Gasteiger partial charge in [-0.1, -0.05) is 50.6 Å². The topological polar surface area (TPSA) is 96.6 Å². The Labute approximate surface area is 197 Å². The van der Waals surface area contributed by atoms with Gasteiger partial charge in [0.2, 0.25) is 5.91 Å². The fourth-order valence-corrected chi connectivity index (χ4v) is 3.76. The lowest BCUT2D eigenvalue weighted by atomic mass is 9.99. The molecule has 0 saturated heterocycles. The summed E-state index contributed by atoms with van der Waals surface area (Å²) < 4.78 is 6.19. The van der Waals surface area contributed by atoms with Crippen LogP contribution < -0.4 is 16.4 Å². The van der Waals surface area contributed by atoms with Crippen molar-refractivity contribution in [3.8, 4) is 0 Å². The van der Waals surface area contributed by atoms with Crippen molar-refractivity contribution < 1.29 is 14.6 Å². The van der Waals surface area contributed by atoms with E-state index in [0.717, 1.165) is 24.2 Å². The monoisotopic (exact) mass is 471 g/mol. The fraction of sp³-hybridized carbons (Fsp3) is 0.696. The molecule has 3 unspecified atom stereocenters. The number of hydrogen-bond acceptors (Lipinski definition) is 7.